The fraction of sp³-hybridized carbons (Fsp3) is 0.105. The molecule has 0 aromatic heterocycles. The van der Waals surface area contributed by atoms with E-state index in [4.69, 9.17) is 17.4 Å². The zero-order valence-electron chi connectivity index (χ0n) is 13.6. The van der Waals surface area contributed by atoms with Crippen molar-refractivity contribution >= 4 is 38.0 Å². The van der Waals surface area contributed by atoms with Gasteiger partial charge >= 0.3 is 0 Å². The predicted octanol–water partition coefficient (Wildman–Crippen LogP) is 3.51. The normalized spacial score (nSPS) is 12.7. The zero-order valence-corrected chi connectivity index (χ0v) is 15.3. The summed E-state index contributed by atoms with van der Waals surface area (Å²) in [4.78, 5) is 0.750. The van der Waals surface area contributed by atoms with Crippen molar-refractivity contribution in [1.82, 2.24) is 5.32 Å². The molecule has 0 aliphatic carbocycles. The molecule has 0 radical (unpaired) electrons. The van der Waals surface area contributed by atoms with Gasteiger partial charge in [0.05, 0.1) is 4.90 Å². The Hall–Kier alpha value is -2.28. The Kier molecular flexibility index (Phi) is 4.85. The Morgan fingerprint density at radius 2 is 1.64 bits per heavy atom. The van der Waals surface area contributed by atoms with Crippen LogP contribution in [0.2, 0.25) is 0 Å². The zero-order chi connectivity index (χ0) is 18.0. The molecule has 3 N–H and O–H groups in total. The van der Waals surface area contributed by atoms with Gasteiger partial charge in [-0.3, -0.25) is 0 Å². The standard InChI is InChI=1S/C19H18N2O2S2/c1-13(14-9-11-16(12-10-14)25(20,22)23)21-19(24)18-8-4-6-15-5-2-3-7-17(15)18/h2-13H,1H3,(H,21,24)(H2,20,22,23)/t13-/m1/s1. The SMILES string of the molecule is C[C@@H](NC(=S)c1cccc2ccccc12)c1ccc(S(N)(=O)=O)cc1. The third-order valence-corrected chi connectivity index (χ3v) is 5.36. The first-order valence-electron chi connectivity index (χ1n) is 7.77. The maximum atomic E-state index is 11.3. The van der Waals surface area contributed by atoms with Gasteiger partial charge in [0.2, 0.25) is 10.0 Å². The Balaban J connectivity index is 1.82. The van der Waals surface area contributed by atoms with E-state index in [0.29, 0.717) is 4.99 Å². The van der Waals surface area contributed by atoms with Gasteiger partial charge in [-0.1, -0.05) is 66.8 Å². The molecule has 25 heavy (non-hydrogen) atoms. The molecule has 128 valence electrons. The van der Waals surface area contributed by atoms with Crippen molar-refractivity contribution in [3.05, 3.63) is 77.9 Å². The van der Waals surface area contributed by atoms with Crippen LogP contribution in [0.4, 0.5) is 0 Å². The minimum atomic E-state index is -3.68. The van der Waals surface area contributed by atoms with Crippen LogP contribution < -0.4 is 10.5 Å². The fourth-order valence-electron chi connectivity index (χ4n) is 2.73. The maximum absolute atomic E-state index is 11.3. The number of nitrogens with one attached hydrogen (secondary N) is 1. The molecule has 0 spiro atoms. The van der Waals surface area contributed by atoms with E-state index in [9.17, 15) is 8.42 Å². The Morgan fingerprint density at radius 1 is 1.00 bits per heavy atom. The highest BCUT2D eigenvalue weighted by atomic mass is 32.2. The molecular formula is C19H18N2O2S2. The Labute approximate surface area is 152 Å². The molecule has 0 heterocycles. The van der Waals surface area contributed by atoms with Crippen LogP contribution in [0.15, 0.2) is 71.6 Å². The Morgan fingerprint density at radius 3 is 2.32 bits per heavy atom. The fourth-order valence-corrected chi connectivity index (χ4v) is 3.60. The van der Waals surface area contributed by atoms with Crippen molar-refractivity contribution in [2.75, 3.05) is 0 Å². The highest BCUT2D eigenvalue weighted by Gasteiger charge is 2.12. The number of rotatable bonds is 4. The summed E-state index contributed by atoms with van der Waals surface area (Å²) >= 11 is 5.58. The first kappa shape index (κ1) is 17.5. The highest BCUT2D eigenvalue weighted by Crippen LogP contribution is 2.21. The van der Waals surface area contributed by atoms with Gasteiger partial charge in [-0.15, -0.1) is 0 Å². The molecule has 3 aromatic rings. The quantitative estimate of drug-likeness (QED) is 0.690. The van der Waals surface area contributed by atoms with Gasteiger partial charge in [-0.05, 0) is 35.4 Å². The monoisotopic (exact) mass is 370 g/mol. The Bertz CT molecular complexity index is 1020. The van der Waals surface area contributed by atoms with Crippen molar-refractivity contribution in [2.45, 2.75) is 17.9 Å². The molecule has 0 aliphatic rings. The van der Waals surface area contributed by atoms with Gasteiger partial charge in [0.1, 0.15) is 4.99 Å². The number of hydrogen-bond donors (Lipinski definition) is 2. The molecule has 3 aromatic carbocycles. The number of sulfonamides is 1. The van der Waals surface area contributed by atoms with E-state index in [-0.39, 0.29) is 10.9 Å². The summed E-state index contributed by atoms with van der Waals surface area (Å²) in [6.45, 7) is 1.98. The molecule has 0 saturated heterocycles. The summed E-state index contributed by atoms with van der Waals surface area (Å²) in [6.07, 6.45) is 0. The number of primary sulfonamides is 1. The molecule has 0 bridgehead atoms. The second-order valence-electron chi connectivity index (χ2n) is 5.84. The minimum Gasteiger partial charge on any atom is -0.369 e. The summed E-state index contributed by atoms with van der Waals surface area (Å²) in [7, 11) is -3.68. The molecule has 0 unspecified atom stereocenters. The third kappa shape index (κ3) is 3.87. The van der Waals surface area contributed by atoms with E-state index in [2.05, 4.69) is 17.4 Å². The van der Waals surface area contributed by atoms with E-state index in [1.807, 2.05) is 37.3 Å². The number of benzene rings is 3. The van der Waals surface area contributed by atoms with Gasteiger partial charge in [0, 0.05) is 11.6 Å². The smallest absolute Gasteiger partial charge is 0.238 e. The second-order valence-corrected chi connectivity index (χ2v) is 7.81. The highest BCUT2D eigenvalue weighted by molar-refractivity contribution is 7.89. The van der Waals surface area contributed by atoms with E-state index in [1.54, 1.807) is 12.1 Å². The van der Waals surface area contributed by atoms with Crippen LogP contribution in [0, 0.1) is 0 Å². The lowest BCUT2D eigenvalue weighted by molar-refractivity contribution is 0.597. The number of fused-ring (bicyclic) bond motifs is 1. The molecule has 0 saturated carbocycles. The van der Waals surface area contributed by atoms with Gasteiger partial charge in [0.25, 0.3) is 0 Å². The van der Waals surface area contributed by atoms with Crippen molar-refractivity contribution in [3.8, 4) is 0 Å². The molecule has 3 rings (SSSR count). The number of nitrogens with two attached hydrogens (primary N) is 1. The van der Waals surface area contributed by atoms with Crippen LogP contribution in [0.5, 0.6) is 0 Å². The van der Waals surface area contributed by atoms with Gasteiger partial charge in [-0.2, -0.15) is 0 Å². The summed E-state index contributed by atoms with van der Waals surface area (Å²) in [6, 6.07) is 20.5. The molecule has 0 amide bonds. The van der Waals surface area contributed by atoms with Crippen molar-refractivity contribution < 1.29 is 8.42 Å². The number of thiocarbonyl (C=S) groups is 1. The molecule has 6 heteroatoms. The third-order valence-electron chi connectivity index (χ3n) is 4.09. The van der Waals surface area contributed by atoms with E-state index in [1.165, 1.54) is 12.1 Å². The topological polar surface area (TPSA) is 72.2 Å². The molecule has 0 fully saturated rings. The van der Waals surface area contributed by atoms with Crippen molar-refractivity contribution in [3.63, 3.8) is 0 Å². The van der Waals surface area contributed by atoms with Crippen LogP contribution in [0.25, 0.3) is 10.8 Å². The minimum absolute atomic E-state index is 0.0685. The molecular weight excluding hydrogens is 352 g/mol. The average molecular weight is 370 g/mol. The van der Waals surface area contributed by atoms with Gasteiger partial charge in [-0.25, -0.2) is 13.6 Å². The summed E-state index contributed by atoms with van der Waals surface area (Å²) in [5.41, 5.74) is 1.90. The largest absolute Gasteiger partial charge is 0.369 e. The summed E-state index contributed by atoms with van der Waals surface area (Å²) in [5, 5.41) is 10.7. The lowest BCUT2D eigenvalue weighted by Gasteiger charge is -2.18. The van der Waals surface area contributed by atoms with Crippen LogP contribution in [-0.4, -0.2) is 13.4 Å². The maximum Gasteiger partial charge on any atom is 0.238 e. The lowest BCUT2D eigenvalue weighted by atomic mass is 10.0. The van der Waals surface area contributed by atoms with Gasteiger partial charge in [0.15, 0.2) is 0 Å². The lowest BCUT2D eigenvalue weighted by Crippen LogP contribution is -2.26. The summed E-state index contributed by atoms with van der Waals surface area (Å²) in [5.74, 6) is 0. The first-order chi connectivity index (χ1) is 11.9. The van der Waals surface area contributed by atoms with Gasteiger partial charge < -0.3 is 5.32 Å². The molecule has 4 nitrogen and oxygen atoms in total. The van der Waals surface area contributed by atoms with E-state index in [0.717, 1.165) is 21.9 Å². The van der Waals surface area contributed by atoms with Crippen LogP contribution in [0.3, 0.4) is 0 Å². The van der Waals surface area contributed by atoms with Crippen molar-refractivity contribution in [2.24, 2.45) is 5.14 Å². The average Bonchev–Trinajstić information content (AvgIpc) is 2.60. The molecule has 1 atom stereocenters. The van der Waals surface area contributed by atoms with E-state index >= 15 is 0 Å². The first-order valence-corrected chi connectivity index (χ1v) is 9.73. The van der Waals surface area contributed by atoms with E-state index < -0.39 is 10.0 Å². The summed E-state index contributed by atoms with van der Waals surface area (Å²) < 4.78 is 22.7. The van der Waals surface area contributed by atoms with Crippen LogP contribution in [-0.2, 0) is 10.0 Å². The molecule has 0 aliphatic heterocycles. The number of hydrogen-bond acceptors (Lipinski definition) is 3. The van der Waals surface area contributed by atoms with Crippen LogP contribution >= 0.6 is 12.2 Å². The van der Waals surface area contributed by atoms with Crippen molar-refractivity contribution in [1.29, 1.82) is 0 Å². The second kappa shape index (κ2) is 6.92. The predicted molar refractivity (Wildman–Crippen MR) is 105 cm³/mol. The van der Waals surface area contributed by atoms with Crippen LogP contribution in [0.1, 0.15) is 24.1 Å².